The molecule has 0 aromatic carbocycles. The zero-order chi connectivity index (χ0) is 11.4. The van der Waals surface area contributed by atoms with Gasteiger partial charge in [0.1, 0.15) is 17.5 Å². The topological polar surface area (TPSA) is 66.1 Å². The van der Waals surface area contributed by atoms with E-state index in [2.05, 4.69) is 4.98 Å². The maximum atomic E-state index is 12.5. The number of hydrogen-bond donors (Lipinski definition) is 1. The van der Waals surface area contributed by atoms with E-state index >= 15 is 0 Å². The van der Waals surface area contributed by atoms with Crippen LogP contribution < -0.4 is 4.74 Å². The van der Waals surface area contributed by atoms with Crippen LogP contribution in [0, 0.1) is 11.3 Å². The molecule has 0 radical (unpaired) electrons. The Morgan fingerprint density at radius 2 is 2.33 bits per heavy atom. The number of aliphatic hydroxyl groups excluding tert-OH is 1. The Labute approximate surface area is 84.7 Å². The maximum absolute atomic E-state index is 12.5. The predicted molar refractivity (Wildman–Crippen MR) is 46.4 cm³/mol. The molecule has 4 nitrogen and oxygen atoms in total. The van der Waals surface area contributed by atoms with Gasteiger partial charge in [0.2, 0.25) is 0 Å². The molecule has 0 aliphatic rings. The maximum Gasteiger partial charge on any atom is 0.284 e. The highest BCUT2D eigenvalue weighted by molar-refractivity contribution is 5.42. The monoisotopic (exact) mass is 214 g/mol. The second-order valence-electron chi connectivity index (χ2n) is 2.66. The number of nitrogens with zero attached hydrogens (tertiary/aromatic N) is 2. The summed E-state index contributed by atoms with van der Waals surface area (Å²) < 4.78 is 29.7. The number of rotatable bonds is 3. The van der Waals surface area contributed by atoms with Crippen molar-refractivity contribution in [1.29, 1.82) is 5.26 Å². The van der Waals surface area contributed by atoms with Crippen LogP contribution in [-0.2, 0) is 6.61 Å². The van der Waals surface area contributed by atoms with Crippen molar-refractivity contribution in [2.75, 3.05) is 7.11 Å². The van der Waals surface area contributed by atoms with Crippen molar-refractivity contribution in [2.45, 2.75) is 13.0 Å². The quantitative estimate of drug-likeness (QED) is 0.825. The van der Waals surface area contributed by atoms with E-state index in [4.69, 9.17) is 15.1 Å². The summed E-state index contributed by atoms with van der Waals surface area (Å²) in [6.45, 7) is -0.486. The second kappa shape index (κ2) is 4.66. The van der Waals surface area contributed by atoms with Crippen LogP contribution in [0.5, 0.6) is 5.75 Å². The third kappa shape index (κ3) is 2.19. The number of methoxy groups -OCH3 is 1. The molecule has 1 heterocycles. The summed E-state index contributed by atoms with van der Waals surface area (Å²) in [4.78, 5) is 3.42. The molecule has 15 heavy (non-hydrogen) atoms. The minimum absolute atomic E-state index is 0.124. The fourth-order valence-electron chi connectivity index (χ4n) is 1.17. The average Bonchev–Trinajstić information content (AvgIpc) is 2.26. The summed E-state index contributed by atoms with van der Waals surface area (Å²) >= 11 is 0. The fourth-order valence-corrected chi connectivity index (χ4v) is 1.17. The average molecular weight is 214 g/mol. The molecule has 0 spiro atoms. The number of aromatic nitrogens is 1. The number of halogens is 2. The van der Waals surface area contributed by atoms with Crippen LogP contribution in [0.15, 0.2) is 6.07 Å². The number of hydrogen-bond acceptors (Lipinski definition) is 4. The standard InChI is InChI=1S/C9H8F2N2O2/c1-15-8-5(4-14)2-6(3-12)13-7(8)9(10)11/h2,9,14H,4H2,1H3. The molecule has 0 amide bonds. The first-order chi connectivity index (χ1) is 7.13. The summed E-state index contributed by atoms with van der Waals surface area (Å²) in [5.74, 6) is -0.175. The van der Waals surface area contributed by atoms with E-state index in [1.54, 1.807) is 6.07 Å². The largest absolute Gasteiger partial charge is 0.494 e. The lowest BCUT2D eigenvalue weighted by Gasteiger charge is -2.10. The Morgan fingerprint density at radius 1 is 1.67 bits per heavy atom. The fraction of sp³-hybridized carbons (Fsp3) is 0.333. The zero-order valence-electron chi connectivity index (χ0n) is 7.87. The lowest BCUT2D eigenvalue weighted by atomic mass is 10.1. The molecule has 0 atom stereocenters. The van der Waals surface area contributed by atoms with E-state index in [1.165, 1.54) is 13.2 Å². The molecule has 1 rings (SSSR count). The highest BCUT2D eigenvalue weighted by Crippen LogP contribution is 2.30. The minimum Gasteiger partial charge on any atom is -0.494 e. The van der Waals surface area contributed by atoms with Gasteiger partial charge >= 0.3 is 0 Å². The van der Waals surface area contributed by atoms with Gasteiger partial charge in [-0.3, -0.25) is 0 Å². The van der Waals surface area contributed by atoms with Crippen molar-refractivity contribution in [3.63, 3.8) is 0 Å². The third-order valence-electron chi connectivity index (χ3n) is 1.77. The molecule has 0 saturated heterocycles. The van der Waals surface area contributed by atoms with Crippen LogP contribution in [-0.4, -0.2) is 17.2 Å². The van der Waals surface area contributed by atoms with Crippen molar-refractivity contribution in [1.82, 2.24) is 4.98 Å². The number of ether oxygens (including phenoxy) is 1. The van der Waals surface area contributed by atoms with Crippen molar-refractivity contribution in [3.8, 4) is 11.8 Å². The van der Waals surface area contributed by atoms with Gasteiger partial charge in [0.05, 0.1) is 13.7 Å². The van der Waals surface area contributed by atoms with E-state index < -0.39 is 18.7 Å². The van der Waals surface area contributed by atoms with E-state index in [9.17, 15) is 8.78 Å². The molecule has 1 aromatic rings. The molecule has 0 aliphatic carbocycles. The molecule has 0 fully saturated rings. The van der Waals surface area contributed by atoms with E-state index in [0.717, 1.165) is 0 Å². The van der Waals surface area contributed by atoms with Gasteiger partial charge < -0.3 is 9.84 Å². The predicted octanol–water partition coefficient (Wildman–Crippen LogP) is 1.39. The summed E-state index contributed by atoms with van der Waals surface area (Å²) in [7, 11) is 1.20. The number of nitriles is 1. The zero-order valence-corrected chi connectivity index (χ0v) is 7.87. The Balaban J connectivity index is 3.40. The van der Waals surface area contributed by atoms with Crippen molar-refractivity contribution in [3.05, 3.63) is 23.0 Å². The number of pyridine rings is 1. The first-order valence-electron chi connectivity index (χ1n) is 4.01. The Kier molecular flexibility index (Phi) is 3.52. The molecule has 80 valence electrons. The van der Waals surface area contributed by atoms with Crippen LogP contribution in [0.3, 0.4) is 0 Å². The van der Waals surface area contributed by atoms with Gasteiger partial charge in [-0.25, -0.2) is 13.8 Å². The van der Waals surface area contributed by atoms with Crippen LogP contribution in [0.25, 0.3) is 0 Å². The van der Waals surface area contributed by atoms with Crippen molar-refractivity contribution >= 4 is 0 Å². The molecule has 0 saturated carbocycles. The summed E-state index contributed by atoms with van der Waals surface area (Å²) in [5.41, 5.74) is -0.671. The van der Waals surface area contributed by atoms with E-state index in [-0.39, 0.29) is 17.0 Å². The normalized spacial score (nSPS) is 10.1. The molecular formula is C9H8F2N2O2. The minimum atomic E-state index is -2.85. The third-order valence-corrected chi connectivity index (χ3v) is 1.77. The molecular weight excluding hydrogens is 206 g/mol. The number of aliphatic hydroxyl groups is 1. The van der Waals surface area contributed by atoms with Gasteiger partial charge in [0.25, 0.3) is 6.43 Å². The highest BCUT2D eigenvalue weighted by Gasteiger charge is 2.20. The van der Waals surface area contributed by atoms with Crippen LogP contribution >= 0.6 is 0 Å². The van der Waals surface area contributed by atoms with Crippen molar-refractivity contribution < 1.29 is 18.6 Å². The smallest absolute Gasteiger partial charge is 0.284 e. The Morgan fingerprint density at radius 3 is 2.73 bits per heavy atom. The molecule has 0 unspecified atom stereocenters. The van der Waals surface area contributed by atoms with Crippen LogP contribution in [0.4, 0.5) is 8.78 Å². The Hall–Kier alpha value is -1.74. The Bertz CT molecular complexity index is 402. The highest BCUT2D eigenvalue weighted by atomic mass is 19.3. The lowest BCUT2D eigenvalue weighted by Crippen LogP contribution is -2.03. The van der Waals surface area contributed by atoms with Gasteiger partial charge in [-0.2, -0.15) is 5.26 Å². The van der Waals surface area contributed by atoms with E-state index in [0.29, 0.717) is 0 Å². The van der Waals surface area contributed by atoms with Crippen molar-refractivity contribution in [2.24, 2.45) is 0 Å². The summed E-state index contributed by atoms with van der Waals surface area (Å²) in [6.07, 6.45) is -2.85. The molecule has 1 aromatic heterocycles. The van der Waals surface area contributed by atoms with Gasteiger partial charge in [-0.1, -0.05) is 0 Å². The van der Waals surface area contributed by atoms with Gasteiger partial charge in [-0.15, -0.1) is 0 Å². The molecule has 0 bridgehead atoms. The van der Waals surface area contributed by atoms with Gasteiger partial charge in [0.15, 0.2) is 5.75 Å². The summed E-state index contributed by atoms with van der Waals surface area (Å²) in [5, 5.41) is 17.5. The summed E-state index contributed by atoms with van der Waals surface area (Å²) in [6, 6.07) is 2.85. The molecule has 1 N–H and O–H groups in total. The molecule has 6 heteroatoms. The lowest BCUT2D eigenvalue weighted by molar-refractivity contribution is 0.140. The van der Waals surface area contributed by atoms with E-state index in [1.807, 2.05) is 0 Å². The number of alkyl halides is 2. The first kappa shape index (κ1) is 11.3. The van der Waals surface area contributed by atoms with Gasteiger partial charge in [-0.05, 0) is 6.07 Å². The molecule has 0 aliphatic heterocycles. The SMILES string of the molecule is COc1c(CO)cc(C#N)nc1C(F)F. The van der Waals surface area contributed by atoms with Crippen LogP contribution in [0.2, 0.25) is 0 Å². The first-order valence-corrected chi connectivity index (χ1v) is 4.01. The second-order valence-corrected chi connectivity index (χ2v) is 2.66. The van der Waals surface area contributed by atoms with Gasteiger partial charge in [0, 0.05) is 5.56 Å². The van der Waals surface area contributed by atoms with Crippen LogP contribution in [0.1, 0.15) is 23.4 Å².